The molecule has 8 N–H and O–H groups in total. The average molecular weight is 1540 g/mol. The molecule has 9 aliphatic rings. The van der Waals surface area contributed by atoms with Crippen LogP contribution in [0, 0.1) is 0 Å². The first-order valence-electron chi connectivity index (χ1n) is 38.1. The minimum Gasteiger partial charge on any atom is -0.481 e. The maximum absolute atomic E-state index is 13.4. The summed E-state index contributed by atoms with van der Waals surface area (Å²) in [5, 5.41) is 48.1. The lowest BCUT2D eigenvalue weighted by molar-refractivity contribution is -0.175. The molecule has 10 amide bonds. The SMILES string of the molecule is CC1OC(=O)C[C@@H]1NC(=O)[C@@H]1CCCN2CCC[C@H](NC(=O)c3ccccc3)C(=O)N12.COC(=O)[C@@H]1CCCN2CCC[C@H](NC(=O)c3ccccc3)C(=O)N12.O=C(N[C@H]1CCCN2CCC[C@@H](C(=O)O)N2C1=O)c1ccccc1.O=C[C@H](CC(=O)O)NC(=O)[C@@H]1CCCN2CCC[C@H](NC(=O)c3ccccc3)C(=O)N12. The van der Waals surface area contributed by atoms with Gasteiger partial charge >= 0.3 is 23.9 Å². The number of nitrogens with one attached hydrogen (secondary N) is 6. The third-order valence-electron chi connectivity index (χ3n) is 20.9. The van der Waals surface area contributed by atoms with Crippen molar-refractivity contribution < 1.29 is 91.6 Å². The fourth-order valence-corrected chi connectivity index (χ4v) is 15.3. The highest BCUT2D eigenvalue weighted by atomic mass is 16.6. The van der Waals surface area contributed by atoms with E-state index in [-0.39, 0.29) is 65.6 Å². The molecule has 0 saturated carbocycles. The van der Waals surface area contributed by atoms with E-state index in [0.29, 0.717) is 139 Å². The topological polar surface area (TPSA) is 413 Å². The van der Waals surface area contributed by atoms with E-state index in [1.807, 2.05) is 33.2 Å². The lowest BCUT2D eigenvalue weighted by atomic mass is 10.0. The van der Waals surface area contributed by atoms with Crippen LogP contribution in [0.15, 0.2) is 121 Å². The first kappa shape index (κ1) is 82.5. The molecule has 0 bridgehead atoms. The molecule has 4 aromatic carbocycles. The van der Waals surface area contributed by atoms with Gasteiger partial charge in [0, 0.05) is 74.6 Å². The smallest absolute Gasteiger partial charge is 0.330 e. The molecule has 594 valence electrons. The number of hydrogen-bond donors (Lipinski definition) is 8. The summed E-state index contributed by atoms with van der Waals surface area (Å²) in [5.74, 6) is -6.31. The predicted octanol–water partition coefficient (Wildman–Crippen LogP) is 2.38. The number of esters is 2. The average Bonchev–Trinajstić information content (AvgIpc) is 1.76. The fourth-order valence-electron chi connectivity index (χ4n) is 15.3. The van der Waals surface area contributed by atoms with E-state index in [2.05, 4.69) is 31.9 Å². The first-order chi connectivity index (χ1) is 53.5. The van der Waals surface area contributed by atoms with E-state index in [4.69, 9.17) is 14.6 Å². The Labute approximate surface area is 642 Å². The molecular weight excluding hydrogens is 1440 g/mol. The second kappa shape index (κ2) is 39.6. The van der Waals surface area contributed by atoms with Crippen molar-refractivity contribution in [3.05, 3.63) is 144 Å². The van der Waals surface area contributed by atoms with Gasteiger partial charge in [-0.15, -0.1) is 0 Å². The van der Waals surface area contributed by atoms with Crippen molar-refractivity contribution in [3.8, 4) is 0 Å². The molecule has 1 unspecified atom stereocenters. The molecule has 33 heteroatoms. The number of aliphatic carboxylic acids is 2. The van der Waals surface area contributed by atoms with E-state index in [0.717, 1.165) is 45.1 Å². The second-order valence-electron chi connectivity index (χ2n) is 28.5. The van der Waals surface area contributed by atoms with Gasteiger partial charge in [0.2, 0.25) is 11.8 Å². The van der Waals surface area contributed by atoms with Crippen LogP contribution in [0.2, 0.25) is 0 Å². The van der Waals surface area contributed by atoms with Gasteiger partial charge in [-0.1, -0.05) is 72.8 Å². The summed E-state index contributed by atoms with van der Waals surface area (Å²) in [4.78, 5) is 186. The van der Waals surface area contributed by atoms with Crippen molar-refractivity contribution in [2.24, 2.45) is 0 Å². The van der Waals surface area contributed by atoms with E-state index in [1.165, 1.54) is 27.1 Å². The largest absolute Gasteiger partial charge is 0.481 e. The molecule has 111 heavy (non-hydrogen) atoms. The number of aldehydes is 1. The van der Waals surface area contributed by atoms with E-state index in [9.17, 15) is 77.0 Å². The Morgan fingerprint density at radius 2 is 0.730 bits per heavy atom. The van der Waals surface area contributed by atoms with Crippen LogP contribution in [0.3, 0.4) is 0 Å². The van der Waals surface area contributed by atoms with Gasteiger partial charge in [0.25, 0.3) is 47.3 Å². The van der Waals surface area contributed by atoms with Crippen LogP contribution in [-0.2, 0) is 62.2 Å². The lowest BCUT2D eigenvalue weighted by Crippen LogP contribution is -2.63. The standard InChI is InChI=1S/C22H28N4O5.C21H26N4O6.C18H23N3O4.C17H21N3O4/c1-14-17(13-19(27)31-14)24-21(29)18-10-6-12-25-11-5-9-16(22(30)26(18)25)23-20(28)15-7-3-2-4-8-15;26-13-15(12-18(27)28)22-20(30)17-9-5-11-24-10-4-8-16(21(31)25(17)24)23-19(29)14-6-2-1-3-7-14;1-25-18(24)15-10-6-12-20-11-5-9-14(17(23)21(15)20)19-16(22)13-7-3-2-4-8-13;21-15(12-6-2-1-3-7-12)18-13-8-4-10-19-11-5-9-14(17(23)24)20(19)16(13)22/h2-4,7-8,14,16-18H,5-6,9-13H2,1H3,(H,23,28)(H,24,29);1-3,6-7,13,15-17H,4-5,8-12H2,(H,22,30)(H,23,29)(H,27,28);2-4,7-8,14-15H,5-6,9-12H2,1H3,(H,19,22);1-3,6-7,13-14H,4-5,8-11H2,(H,18,21)(H,23,24)/t14?,16-,17-,18-;15-,16-,17-;14-,15-;13-,14-/m0000/s1. The van der Waals surface area contributed by atoms with Gasteiger partial charge in [-0.3, -0.25) is 77.6 Å². The molecule has 9 fully saturated rings. The number of methoxy groups -OCH3 is 1. The van der Waals surface area contributed by atoms with Crippen molar-refractivity contribution in [3.63, 3.8) is 0 Å². The van der Waals surface area contributed by atoms with Gasteiger partial charge in [-0.2, -0.15) is 0 Å². The van der Waals surface area contributed by atoms with Crippen molar-refractivity contribution in [1.82, 2.24) is 72.0 Å². The number of carboxylic acids is 2. The van der Waals surface area contributed by atoms with Crippen molar-refractivity contribution in [2.75, 3.05) is 59.5 Å². The molecule has 33 nitrogen and oxygen atoms in total. The molecule has 0 radical (unpaired) electrons. The molecule has 9 saturated heterocycles. The normalized spacial score (nSPS) is 25.2. The van der Waals surface area contributed by atoms with Crippen LogP contribution in [-0.4, -0.2) is 266 Å². The summed E-state index contributed by atoms with van der Waals surface area (Å²) >= 11 is 0. The monoisotopic (exact) mass is 1530 g/mol. The molecule has 13 rings (SSSR count). The third-order valence-corrected chi connectivity index (χ3v) is 20.9. The van der Waals surface area contributed by atoms with Crippen LogP contribution in [0.5, 0.6) is 0 Å². The van der Waals surface area contributed by atoms with Gasteiger partial charge in [0.15, 0.2) is 0 Å². The summed E-state index contributed by atoms with van der Waals surface area (Å²) in [6, 6.07) is 27.5. The molecule has 11 atom stereocenters. The number of carboxylic acid groups (broad SMARTS) is 2. The van der Waals surface area contributed by atoms with Crippen LogP contribution < -0.4 is 31.9 Å². The number of nitrogens with zero attached hydrogens (tertiary/aromatic N) is 8. The first-order valence-corrected chi connectivity index (χ1v) is 38.1. The van der Waals surface area contributed by atoms with Gasteiger partial charge in [-0.05, 0) is 158 Å². The Hall–Kier alpha value is -11.0. The maximum atomic E-state index is 13.4. The van der Waals surface area contributed by atoms with Gasteiger partial charge in [-0.25, -0.2) is 29.6 Å². The second-order valence-corrected chi connectivity index (χ2v) is 28.5. The molecule has 9 aliphatic heterocycles. The molecule has 0 aromatic heterocycles. The summed E-state index contributed by atoms with van der Waals surface area (Å²) in [5.41, 5.74) is 1.93. The van der Waals surface area contributed by atoms with Crippen molar-refractivity contribution >= 4 is 89.2 Å². The number of amides is 10. The van der Waals surface area contributed by atoms with Gasteiger partial charge in [0.1, 0.15) is 60.7 Å². The van der Waals surface area contributed by atoms with Crippen molar-refractivity contribution in [2.45, 2.75) is 189 Å². The zero-order valence-corrected chi connectivity index (χ0v) is 62.3. The highest BCUT2D eigenvalue weighted by molar-refractivity contribution is 6.01. The molecular formula is C78H98N14O19. The quantitative estimate of drug-likeness (QED) is 0.0555. The Bertz CT molecular complexity index is 4000. The Morgan fingerprint density at radius 3 is 1.03 bits per heavy atom. The zero-order chi connectivity index (χ0) is 79.3. The highest BCUT2D eigenvalue weighted by Gasteiger charge is 2.48. The van der Waals surface area contributed by atoms with E-state index >= 15 is 0 Å². The van der Waals surface area contributed by atoms with Gasteiger partial charge < -0.3 is 56.4 Å². The summed E-state index contributed by atoms with van der Waals surface area (Å²) in [7, 11) is 1.33. The Balaban J connectivity index is 0.000000158. The third kappa shape index (κ3) is 21.3. The maximum Gasteiger partial charge on any atom is 0.330 e. The zero-order valence-electron chi connectivity index (χ0n) is 62.3. The number of cyclic esters (lactones) is 1. The Kier molecular flexibility index (Phi) is 29.4. The number of benzene rings is 4. The van der Waals surface area contributed by atoms with Crippen LogP contribution in [0.4, 0.5) is 0 Å². The van der Waals surface area contributed by atoms with E-state index < -0.39 is 96.8 Å². The molecule has 0 aliphatic carbocycles. The highest BCUT2D eigenvalue weighted by Crippen LogP contribution is 2.30. The number of hydrogen-bond acceptors (Lipinski definition) is 21. The summed E-state index contributed by atoms with van der Waals surface area (Å²) < 4.78 is 9.99. The Morgan fingerprint density at radius 1 is 0.432 bits per heavy atom. The lowest BCUT2D eigenvalue weighted by Gasteiger charge is -2.43. The van der Waals surface area contributed by atoms with Crippen molar-refractivity contribution in [1.29, 1.82) is 0 Å². The van der Waals surface area contributed by atoms with Gasteiger partial charge in [0.05, 0.1) is 32.0 Å². The number of carbonyl (C=O) groups excluding carboxylic acids is 13. The molecule has 4 aromatic rings. The minimum atomic E-state index is -1.21. The summed E-state index contributed by atoms with van der Waals surface area (Å²) in [6.07, 6.45) is 9.48. The van der Waals surface area contributed by atoms with Crippen LogP contribution in [0.25, 0.3) is 0 Å². The molecule has 9 heterocycles. The van der Waals surface area contributed by atoms with Crippen LogP contribution >= 0.6 is 0 Å². The number of hydrazine groups is 4. The number of fused-ring (bicyclic) bond motifs is 4. The summed E-state index contributed by atoms with van der Waals surface area (Å²) in [6.45, 7) is 6.97. The number of rotatable bonds is 17. The molecule has 0 spiro atoms. The van der Waals surface area contributed by atoms with E-state index in [1.54, 1.807) is 115 Å². The minimum absolute atomic E-state index is 0.132. The number of carbonyl (C=O) groups is 15. The van der Waals surface area contributed by atoms with Crippen LogP contribution in [0.1, 0.15) is 164 Å². The fraction of sp³-hybridized carbons (Fsp3) is 0.500. The number of ether oxygens (including phenoxy) is 2. The predicted molar refractivity (Wildman–Crippen MR) is 395 cm³/mol.